The van der Waals surface area contributed by atoms with Crippen LogP contribution in [0.25, 0.3) is 0 Å². The van der Waals surface area contributed by atoms with Crippen molar-refractivity contribution >= 4 is 11.8 Å². The highest BCUT2D eigenvalue weighted by atomic mass is 32.2. The molecule has 13 heavy (non-hydrogen) atoms. The van der Waals surface area contributed by atoms with Gasteiger partial charge in [0.2, 0.25) is 0 Å². The number of thioether (sulfide) groups is 1. The minimum Gasteiger partial charge on any atom is -0.395 e. The number of rotatable bonds is 4. The van der Waals surface area contributed by atoms with Crippen molar-refractivity contribution in [3.63, 3.8) is 0 Å². The highest BCUT2D eigenvalue weighted by Crippen LogP contribution is 2.22. The maximum Gasteiger partial charge on any atom is 0.0589 e. The third-order valence-electron chi connectivity index (χ3n) is 3.00. The van der Waals surface area contributed by atoms with Gasteiger partial charge in [-0.1, -0.05) is 6.92 Å². The molecule has 0 spiro atoms. The lowest BCUT2D eigenvalue weighted by Gasteiger charge is -2.38. The molecule has 2 atom stereocenters. The Morgan fingerprint density at radius 1 is 1.54 bits per heavy atom. The molecule has 3 heteroatoms. The van der Waals surface area contributed by atoms with Crippen molar-refractivity contribution < 1.29 is 5.11 Å². The van der Waals surface area contributed by atoms with Crippen LogP contribution in [0.15, 0.2) is 0 Å². The highest BCUT2D eigenvalue weighted by Gasteiger charge is 2.26. The van der Waals surface area contributed by atoms with Crippen LogP contribution < -0.4 is 0 Å². The third kappa shape index (κ3) is 3.15. The summed E-state index contributed by atoms with van der Waals surface area (Å²) in [5.74, 6) is 1.85. The molecule has 1 aliphatic heterocycles. The number of hydrogen-bond acceptors (Lipinski definition) is 3. The predicted molar refractivity (Wildman–Crippen MR) is 59.2 cm³/mol. The lowest BCUT2D eigenvalue weighted by atomic mass is 9.91. The lowest BCUT2D eigenvalue weighted by Crippen LogP contribution is -2.47. The largest absolute Gasteiger partial charge is 0.395 e. The van der Waals surface area contributed by atoms with E-state index in [0.717, 1.165) is 6.54 Å². The van der Waals surface area contributed by atoms with E-state index in [4.69, 9.17) is 0 Å². The summed E-state index contributed by atoms with van der Waals surface area (Å²) in [6.45, 7) is 4.90. The van der Waals surface area contributed by atoms with Gasteiger partial charge in [0.1, 0.15) is 0 Å². The van der Waals surface area contributed by atoms with E-state index < -0.39 is 0 Å². The zero-order valence-electron chi connectivity index (χ0n) is 8.70. The topological polar surface area (TPSA) is 23.5 Å². The fourth-order valence-electron chi connectivity index (χ4n) is 2.12. The summed E-state index contributed by atoms with van der Waals surface area (Å²) in [6.07, 6.45) is 4.72. The van der Waals surface area contributed by atoms with Crippen LogP contribution in [0, 0.1) is 5.92 Å². The molecule has 2 nitrogen and oxygen atoms in total. The average molecular weight is 203 g/mol. The Morgan fingerprint density at radius 3 is 2.92 bits per heavy atom. The quantitative estimate of drug-likeness (QED) is 0.748. The minimum atomic E-state index is 0.329. The molecule has 1 saturated heterocycles. The molecule has 0 bridgehead atoms. The summed E-state index contributed by atoms with van der Waals surface area (Å²) in [4.78, 5) is 2.45. The van der Waals surface area contributed by atoms with Crippen LogP contribution in [-0.2, 0) is 0 Å². The molecular formula is C10H21NOS. The second kappa shape index (κ2) is 5.89. The zero-order chi connectivity index (χ0) is 9.68. The van der Waals surface area contributed by atoms with Crippen LogP contribution >= 0.6 is 11.8 Å². The number of nitrogens with zero attached hydrogens (tertiary/aromatic N) is 1. The van der Waals surface area contributed by atoms with E-state index in [2.05, 4.69) is 18.1 Å². The van der Waals surface area contributed by atoms with Crippen LogP contribution in [0.3, 0.4) is 0 Å². The highest BCUT2D eigenvalue weighted by molar-refractivity contribution is 7.98. The van der Waals surface area contributed by atoms with Gasteiger partial charge < -0.3 is 5.11 Å². The number of piperidine rings is 1. The van der Waals surface area contributed by atoms with Crippen LogP contribution in [0.1, 0.15) is 19.8 Å². The molecule has 1 aliphatic rings. The van der Waals surface area contributed by atoms with Crippen molar-refractivity contribution in [2.24, 2.45) is 5.92 Å². The van der Waals surface area contributed by atoms with E-state index in [-0.39, 0.29) is 0 Å². The van der Waals surface area contributed by atoms with Gasteiger partial charge in [0.25, 0.3) is 0 Å². The second-order valence-electron chi connectivity index (χ2n) is 3.90. The van der Waals surface area contributed by atoms with Crippen molar-refractivity contribution in [3.05, 3.63) is 0 Å². The van der Waals surface area contributed by atoms with Crippen LogP contribution in [-0.4, -0.2) is 47.8 Å². The van der Waals surface area contributed by atoms with Gasteiger partial charge in [-0.05, 0) is 31.6 Å². The summed E-state index contributed by atoms with van der Waals surface area (Å²) in [5.41, 5.74) is 0. The normalized spacial score (nSPS) is 30.7. The summed E-state index contributed by atoms with van der Waals surface area (Å²) in [6, 6.07) is 0.417. The van der Waals surface area contributed by atoms with Crippen molar-refractivity contribution in [1.82, 2.24) is 4.90 Å². The summed E-state index contributed by atoms with van der Waals surface area (Å²) >= 11 is 1.89. The van der Waals surface area contributed by atoms with Crippen LogP contribution in [0.4, 0.5) is 0 Å². The number of aliphatic hydroxyl groups is 1. The molecule has 0 aromatic rings. The molecule has 1 N–H and O–H groups in total. The van der Waals surface area contributed by atoms with E-state index in [1.165, 1.54) is 25.1 Å². The molecule has 1 heterocycles. The summed E-state index contributed by atoms with van der Waals surface area (Å²) in [5, 5.41) is 9.28. The van der Waals surface area contributed by atoms with E-state index in [0.29, 0.717) is 18.6 Å². The second-order valence-corrected chi connectivity index (χ2v) is 4.88. The molecule has 0 amide bonds. The summed E-state index contributed by atoms with van der Waals surface area (Å²) in [7, 11) is 0. The molecule has 0 aromatic heterocycles. The predicted octanol–water partition coefficient (Wildman–Crippen LogP) is 1.44. The Labute approximate surface area is 85.7 Å². The molecular weight excluding hydrogens is 182 g/mol. The van der Waals surface area contributed by atoms with Gasteiger partial charge in [-0.25, -0.2) is 0 Å². The first-order valence-corrected chi connectivity index (χ1v) is 6.52. The molecule has 0 saturated carbocycles. The first kappa shape index (κ1) is 11.3. The van der Waals surface area contributed by atoms with Crippen molar-refractivity contribution in [1.29, 1.82) is 0 Å². The Morgan fingerprint density at radius 2 is 2.31 bits per heavy atom. The minimum absolute atomic E-state index is 0.329. The van der Waals surface area contributed by atoms with Crippen LogP contribution in [0.2, 0.25) is 0 Å². The van der Waals surface area contributed by atoms with E-state index in [9.17, 15) is 5.11 Å². The molecule has 2 unspecified atom stereocenters. The summed E-state index contributed by atoms with van der Waals surface area (Å²) < 4.78 is 0. The fraction of sp³-hybridized carbons (Fsp3) is 1.00. The standard InChI is InChI=1S/C10H21NOS/c1-9-4-3-5-11(6-7-13-2)10(9)8-12/h9-10,12H,3-8H2,1-2H3. The Balaban J connectivity index is 2.39. The average Bonchev–Trinajstić information content (AvgIpc) is 2.15. The molecule has 0 aromatic carbocycles. The molecule has 0 aliphatic carbocycles. The Bertz CT molecular complexity index is 143. The Hall–Kier alpha value is 0.270. The van der Waals surface area contributed by atoms with E-state index in [1.807, 2.05) is 11.8 Å². The Kier molecular flexibility index (Phi) is 5.14. The zero-order valence-corrected chi connectivity index (χ0v) is 9.52. The van der Waals surface area contributed by atoms with Gasteiger partial charge >= 0.3 is 0 Å². The molecule has 0 radical (unpaired) electrons. The number of aliphatic hydroxyl groups excluding tert-OH is 1. The van der Waals surface area contributed by atoms with Gasteiger partial charge in [0, 0.05) is 18.3 Å². The van der Waals surface area contributed by atoms with Crippen molar-refractivity contribution in [2.75, 3.05) is 31.7 Å². The van der Waals surface area contributed by atoms with Crippen molar-refractivity contribution in [3.8, 4) is 0 Å². The monoisotopic (exact) mass is 203 g/mol. The lowest BCUT2D eigenvalue weighted by molar-refractivity contribution is 0.0582. The smallest absolute Gasteiger partial charge is 0.0589 e. The number of hydrogen-bond donors (Lipinski definition) is 1. The first-order chi connectivity index (χ1) is 6.29. The molecule has 1 rings (SSSR count). The van der Waals surface area contributed by atoms with Gasteiger partial charge in [0.15, 0.2) is 0 Å². The number of likely N-dealkylation sites (tertiary alicyclic amines) is 1. The van der Waals surface area contributed by atoms with E-state index in [1.54, 1.807) is 0 Å². The van der Waals surface area contributed by atoms with E-state index >= 15 is 0 Å². The SMILES string of the molecule is CSCCN1CCCC(C)C1CO. The van der Waals surface area contributed by atoms with Gasteiger partial charge in [-0.3, -0.25) is 4.90 Å². The van der Waals surface area contributed by atoms with Crippen molar-refractivity contribution in [2.45, 2.75) is 25.8 Å². The third-order valence-corrected chi connectivity index (χ3v) is 3.59. The maximum atomic E-state index is 9.28. The maximum absolute atomic E-state index is 9.28. The van der Waals surface area contributed by atoms with Gasteiger partial charge in [-0.2, -0.15) is 11.8 Å². The van der Waals surface area contributed by atoms with Crippen LogP contribution in [0.5, 0.6) is 0 Å². The molecule has 1 fully saturated rings. The first-order valence-electron chi connectivity index (χ1n) is 5.13. The fourth-order valence-corrected chi connectivity index (χ4v) is 2.53. The molecule has 78 valence electrons. The van der Waals surface area contributed by atoms with Gasteiger partial charge in [-0.15, -0.1) is 0 Å². The van der Waals surface area contributed by atoms with Gasteiger partial charge in [0.05, 0.1) is 6.61 Å².